The van der Waals surface area contributed by atoms with Gasteiger partial charge in [-0.2, -0.15) is 5.10 Å². The first-order valence-corrected chi connectivity index (χ1v) is 13.4. The number of ether oxygens (including phenoxy) is 2. The Bertz CT molecular complexity index is 1350. The number of hydrogen-bond donors (Lipinski definition) is 3. The van der Waals surface area contributed by atoms with Crippen LogP contribution in [0.5, 0.6) is 5.75 Å². The number of nitrogens with one attached hydrogen (secondary N) is 3. The highest BCUT2D eigenvalue weighted by molar-refractivity contribution is 6.01. The number of aromatic nitrogens is 2. The third-order valence-corrected chi connectivity index (χ3v) is 7.43. The van der Waals surface area contributed by atoms with Crippen LogP contribution in [0.3, 0.4) is 0 Å². The maximum absolute atomic E-state index is 14.2. The smallest absolute Gasteiger partial charge is 0.251 e. The SMILES string of the molecule is CCC(CCCNCC1C(OC)=CC=CC1F)NC(=O)c1ccc2[nH]nc(-c3ccc4c(c3)CCO4)c2c1. The maximum atomic E-state index is 14.2. The number of benzene rings is 2. The Morgan fingerprint density at radius 1 is 1.29 bits per heavy atom. The number of halogens is 1. The van der Waals surface area contributed by atoms with Crippen LogP contribution >= 0.6 is 0 Å². The van der Waals surface area contributed by atoms with Crippen molar-refractivity contribution in [3.05, 3.63) is 71.5 Å². The van der Waals surface area contributed by atoms with Crippen molar-refractivity contribution in [2.75, 3.05) is 26.8 Å². The van der Waals surface area contributed by atoms with Crippen molar-refractivity contribution >= 4 is 16.8 Å². The van der Waals surface area contributed by atoms with Gasteiger partial charge >= 0.3 is 0 Å². The summed E-state index contributed by atoms with van der Waals surface area (Å²) < 4.78 is 25.2. The van der Waals surface area contributed by atoms with E-state index in [0.29, 0.717) is 24.5 Å². The predicted molar refractivity (Wildman–Crippen MR) is 147 cm³/mol. The zero-order valence-corrected chi connectivity index (χ0v) is 21.9. The number of carbonyl (C=O) groups is 1. The molecule has 1 aliphatic heterocycles. The highest BCUT2D eigenvalue weighted by atomic mass is 19.1. The first-order chi connectivity index (χ1) is 18.6. The zero-order chi connectivity index (χ0) is 26.5. The van der Waals surface area contributed by atoms with Crippen LogP contribution in [-0.2, 0) is 11.2 Å². The number of aromatic amines is 1. The lowest BCUT2D eigenvalue weighted by Gasteiger charge is -2.24. The van der Waals surface area contributed by atoms with Crippen molar-refractivity contribution in [3.63, 3.8) is 0 Å². The van der Waals surface area contributed by atoms with Gasteiger partial charge in [0.25, 0.3) is 5.91 Å². The van der Waals surface area contributed by atoms with E-state index in [1.807, 2.05) is 36.4 Å². The van der Waals surface area contributed by atoms with Gasteiger partial charge in [0.15, 0.2) is 0 Å². The van der Waals surface area contributed by atoms with Crippen molar-refractivity contribution in [2.24, 2.45) is 5.92 Å². The first-order valence-electron chi connectivity index (χ1n) is 13.4. The second-order valence-corrected chi connectivity index (χ2v) is 9.89. The molecule has 3 unspecified atom stereocenters. The number of allylic oxidation sites excluding steroid dienone is 3. The third-order valence-electron chi connectivity index (χ3n) is 7.43. The molecule has 3 atom stereocenters. The molecule has 2 aromatic carbocycles. The lowest BCUT2D eigenvalue weighted by molar-refractivity contribution is 0.0933. The molecule has 7 nitrogen and oxygen atoms in total. The van der Waals surface area contributed by atoms with Gasteiger partial charge in [0.05, 0.1) is 30.8 Å². The summed E-state index contributed by atoms with van der Waals surface area (Å²) >= 11 is 0. The zero-order valence-electron chi connectivity index (χ0n) is 21.9. The Hall–Kier alpha value is -3.65. The Morgan fingerprint density at radius 3 is 3.03 bits per heavy atom. The molecule has 1 aromatic heterocycles. The number of alkyl halides is 1. The van der Waals surface area contributed by atoms with Crippen LogP contribution in [0.4, 0.5) is 4.39 Å². The minimum atomic E-state index is -1.05. The highest BCUT2D eigenvalue weighted by Crippen LogP contribution is 2.33. The average Bonchev–Trinajstić information content (AvgIpc) is 3.58. The van der Waals surface area contributed by atoms with Crippen molar-refractivity contribution in [1.82, 2.24) is 20.8 Å². The molecule has 1 aliphatic carbocycles. The standard InChI is InChI=1S/C30H35FN4O3/c1-3-22(6-5-14-32-18-24-25(31)7-4-8-28(24)37-2)33-30(36)21-9-11-26-23(17-21)29(35-34-26)20-10-12-27-19(16-20)13-15-38-27/h4,7-12,16-17,22,24-25,32H,3,5-6,13-15,18H2,1-2H3,(H,33,36)(H,34,35). The van der Waals surface area contributed by atoms with Crippen LogP contribution in [0.15, 0.2) is 60.4 Å². The van der Waals surface area contributed by atoms with E-state index in [-0.39, 0.29) is 17.9 Å². The molecule has 0 radical (unpaired) electrons. The van der Waals surface area contributed by atoms with Crippen LogP contribution < -0.4 is 15.4 Å². The largest absolute Gasteiger partial charge is 0.501 e. The first kappa shape index (κ1) is 26.0. The maximum Gasteiger partial charge on any atom is 0.251 e. The third kappa shape index (κ3) is 5.60. The number of amides is 1. The van der Waals surface area contributed by atoms with Gasteiger partial charge in [0, 0.05) is 35.5 Å². The molecule has 0 saturated heterocycles. The van der Waals surface area contributed by atoms with Crippen molar-refractivity contribution < 1.29 is 18.7 Å². The molecule has 3 aromatic rings. The molecule has 0 spiro atoms. The van der Waals surface area contributed by atoms with E-state index in [1.54, 1.807) is 19.3 Å². The number of methoxy groups -OCH3 is 1. The summed E-state index contributed by atoms with van der Waals surface area (Å²) in [6.07, 6.45) is 7.46. The molecule has 200 valence electrons. The van der Waals surface area contributed by atoms with E-state index in [9.17, 15) is 9.18 Å². The molecular weight excluding hydrogens is 483 g/mol. The summed E-state index contributed by atoms with van der Waals surface area (Å²) in [5.41, 5.74) is 4.52. The second kappa shape index (κ2) is 11.8. The number of H-pyrrole nitrogens is 1. The van der Waals surface area contributed by atoms with Gasteiger partial charge in [0.1, 0.15) is 17.7 Å². The van der Waals surface area contributed by atoms with Crippen LogP contribution in [0.1, 0.15) is 42.1 Å². The molecule has 0 bridgehead atoms. The lowest BCUT2D eigenvalue weighted by atomic mass is 9.96. The fraction of sp³-hybridized carbons (Fsp3) is 0.400. The molecule has 8 heteroatoms. The van der Waals surface area contributed by atoms with Crippen LogP contribution in [0.2, 0.25) is 0 Å². The van der Waals surface area contributed by atoms with Gasteiger partial charge < -0.3 is 20.1 Å². The number of hydrogen-bond acceptors (Lipinski definition) is 5. The predicted octanol–water partition coefficient (Wildman–Crippen LogP) is 5.10. The Morgan fingerprint density at radius 2 is 2.18 bits per heavy atom. The van der Waals surface area contributed by atoms with E-state index in [4.69, 9.17) is 9.47 Å². The quantitative estimate of drug-likeness (QED) is 0.308. The van der Waals surface area contributed by atoms with E-state index in [1.165, 1.54) is 5.56 Å². The molecule has 5 rings (SSSR count). The summed E-state index contributed by atoms with van der Waals surface area (Å²) in [5, 5.41) is 15.1. The summed E-state index contributed by atoms with van der Waals surface area (Å²) in [5.74, 6) is 1.20. The Kier molecular flexibility index (Phi) is 8.08. The summed E-state index contributed by atoms with van der Waals surface area (Å²) in [6.45, 7) is 4.04. The van der Waals surface area contributed by atoms with E-state index >= 15 is 0 Å². The lowest BCUT2D eigenvalue weighted by Crippen LogP contribution is -2.36. The Balaban J connectivity index is 1.17. The normalized spacial score (nSPS) is 19.1. The molecule has 38 heavy (non-hydrogen) atoms. The summed E-state index contributed by atoms with van der Waals surface area (Å²) in [7, 11) is 1.58. The fourth-order valence-electron chi connectivity index (χ4n) is 5.19. The number of carbonyl (C=O) groups excluding carboxylic acids is 1. The van der Waals surface area contributed by atoms with Gasteiger partial charge in [0.2, 0.25) is 0 Å². The Labute approximate surface area is 222 Å². The van der Waals surface area contributed by atoms with Crippen molar-refractivity contribution in [2.45, 2.75) is 44.8 Å². The molecule has 2 heterocycles. The molecule has 0 saturated carbocycles. The highest BCUT2D eigenvalue weighted by Gasteiger charge is 2.25. The molecule has 3 N–H and O–H groups in total. The monoisotopic (exact) mass is 518 g/mol. The minimum absolute atomic E-state index is 0.0569. The molecule has 1 amide bonds. The molecular formula is C30H35FN4O3. The molecule has 2 aliphatic rings. The summed E-state index contributed by atoms with van der Waals surface area (Å²) in [6, 6.07) is 11.8. The van der Waals surface area contributed by atoms with Gasteiger partial charge in [-0.3, -0.25) is 9.89 Å². The number of fused-ring (bicyclic) bond motifs is 2. The molecule has 0 fully saturated rings. The minimum Gasteiger partial charge on any atom is -0.501 e. The van der Waals surface area contributed by atoms with E-state index in [0.717, 1.165) is 60.1 Å². The second-order valence-electron chi connectivity index (χ2n) is 9.89. The van der Waals surface area contributed by atoms with Crippen LogP contribution in [-0.4, -0.2) is 55.1 Å². The topological polar surface area (TPSA) is 88.3 Å². The van der Waals surface area contributed by atoms with Gasteiger partial charge in [-0.25, -0.2) is 4.39 Å². The van der Waals surface area contributed by atoms with Gasteiger partial charge in [-0.15, -0.1) is 0 Å². The van der Waals surface area contributed by atoms with Crippen LogP contribution in [0, 0.1) is 5.92 Å². The average molecular weight is 519 g/mol. The van der Waals surface area contributed by atoms with Crippen molar-refractivity contribution in [1.29, 1.82) is 0 Å². The number of rotatable bonds is 11. The van der Waals surface area contributed by atoms with Gasteiger partial charge in [-0.1, -0.05) is 13.0 Å². The van der Waals surface area contributed by atoms with Crippen LogP contribution in [0.25, 0.3) is 22.2 Å². The van der Waals surface area contributed by atoms with E-state index in [2.05, 4.69) is 33.8 Å². The summed E-state index contributed by atoms with van der Waals surface area (Å²) in [4.78, 5) is 13.1. The fourth-order valence-corrected chi connectivity index (χ4v) is 5.19. The van der Waals surface area contributed by atoms with Crippen molar-refractivity contribution in [3.8, 4) is 17.0 Å². The number of nitrogens with zero attached hydrogens (tertiary/aromatic N) is 1. The van der Waals surface area contributed by atoms with E-state index < -0.39 is 6.17 Å². The van der Waals surface area contributed by atoms with Gasteiger partial charge in [-0.05, 0) is 79.9 Å².